The van der Waals surface area contributed by atoms with Gasteiger partial charge in [0.05, 0.1) is 6.10 Å². The van der Waals surface area contributed by atoms with Gasteiger partial charge >= 0.3 is 6.03 Å². The van der Waals surface area contributed by atoms with Crippen LogP contribution in [0.2, 0.25) is 0 Å². The second-order valence-corrected chi connectivity index (χ2v) is 6.93. The Bertz CT molecular complexity index is 327. The minimum absolute atomic E-state index is 0.238. The van der Waals surface area contributed by atoms with Gasteiger partial charge in [-0.15, -0.1) is 0 Å². The van der Waals surface area contributed by atoms with Crippen LogP contribution in [0.25, 0.3) is 0 Å². The number of nitrogens with zero attached hydrogens (tertiary/aromatic N) is 2. The van der Waals surface area contributed by atoms with Crippen molar-refractivity contribution in [3.63, 3.8) is 0 Å². The zero-order valence-electron chi connectivity index (χ0n) is 14.0. The van der Waals surface area contributed by atoms with Crippen molar-refractivity contribution in [3.8, 4) is 0 Å². The third-order valence-corrected chi connectivity index (χ3v) is 5.24. The van der Waals surface area contributed by atoms with E-state index in [2.05, 4.69) is 11.8 Å². The summed E-state index contributed by atoms with van der Waals surface area (Å²) in [4.78, 5) is 16.5. The van der Waals surface area contributed by atoms with Crippen LogP contribution in [0.4, 0.5) is 4.79 Å². The van der Waals surface area contributed by atoms with Gasteiger partial charge in [0.15, 0.2) is 0 Å². The van der Waals surface area contributed by atoms with E-state index in [9.17, 15) is 4.79 Å². The van der Waals surface area contributed by atoms with Crippen LogP contribution >= 0.6 is 0 Å². The summed E-state index contributed by atoms with van der Waals surface area (Å²) in [5.74, 6) is 1.38. The maximum absolute atomic E-state index is 12.5. The Morgan fingerprint density at radius 2 is 1.90 bits per heavy atom. The van der Waals surface area contributed by atoms with Crippen LogP contribution in [0, 0.1) is 11.8 Å². The van der Waals surface area contributed by atoms with Gasteiger partial charge in [0.25, 0.3) is 0 Å². The van der Waals surface area contributed by atoms with Gasteiger partial charge in [-0.2, -0.15) is 0 Å². The van der Waals surface area contributed by atoms with Gasteiger partial charge in [-0.3, -0.25) is 0 Å². The van der Waals surface area contributed by atoms with E-state index in [0.29, 0.717) is 12.0 Å². The van der Waals surface area contributed by atoms with Gasteiger partial charge in [0, 0.05) is 33.8 Å². The Balaban J connectivity index is 1.73. The van der Waals surface area contributed by atoms with Crippen molar-refractivity contribution >= 4 is 6.03 Å². The molecule has 0 aromatic carbocycles. The summed E-state index contributed by atoms with van der Waals surface area (Å²) in [6, 6.07) is 0.238. The van der Waals surface area contributed by atoms with Gasteiger partial charge in [-0.05, 0) is 50.4 Å². The molecule has 2 fully saturated rings. The molecular formula is C17H32N2O2. The van der Waals surface area contributed by atoms with Crippen LogP contribution in [0.5, 0.6) is 0 Å². The highest BCUT2D eigenvalue weighted by molar-refractivity contribution is 5.74. The topological polar surface area (TPSA) is 32.8 Å². The largest absolute Gasteiger partial charge is 0.381 e. The standard InChI is InChI=1S/C17H32N2O2/c1-4-5-14-10-11-19(13-14)17(20)18(2)12-15-6-8-16(21-3)9-7-15/h14-16H,4-13H2,1-3H3/t14-,15?,16?/m1/s1. The molecular weight excluding hydrogens is 264 g/mol. The maximum Gasteiger partial charge on any atom is 0.319 e. The van der Waals surface area contributed by atoms with Crippen LogP contribution in [0.15, 0.2) is 0 Å². The van der Waals surface area contributed by atoms with Gasteiger partial charge in [-0.1, -0.05) is 13.3 Å². The predicted octanol–water partition coefficient (Wildman–Crippen LogP) is 3.37. The molecule has 0 N–H and O–H groups in total. The molecule has 0 aromatic heterocycles. The Kier molecular flexibility index (Phi) is 6.34. The highest BCUT2D eigenvalue weighted by atomic mass is 16.5. The molecule has 1 saturated carbocycles. The van der Waals surface area contributed by atoms with Crippen LogP contribution < -0.4 is 0 Å². The number of ether oxygens (including phenoxy) is 1. The molecule has 4 heteroatoms. The molecule has 122 valence electrons. The van der Waals surface area contributed by atoms with Crippen LogP contribution in [-0.2, 0) is 4.74 Å². The highest BCUT2D eigenvalue weighted by Gasteiger charge is 2.29. The van der Waals surface area contributed by atoms with E-state index in [1.165, 1.54) is 32.1 Å². The fourth-order valence-corrected chi connectivity index (χ4v) is 3.91. The average Bonchev–Trinajstić information content (AvgIpc) is 2.96. The summed E-state index contributed by atoms with van der Waals surface area (Å²) in [5, 5.41) is 0. The fraction of sp³-hybridized carbons (Fsp3) is 0.941. The average molecular weight is 296 g/mol. The lowest BCUT2D eigenvalue weighted by Gasteiger charge is -2.32. The molecule has 1 atom stereocenters. The SMILES string of the molecule is CCC[C@@H]1CCN(C(=O)N(C)CC2CCC(OC)CC2)C1. The number of rotatable bonds is 5. The molecule has 1 saturated heterocycles. The zero-order valence-corrected chi connectivity index (χ0v) is 14.0. The first kappa shape index (κ1) is 16.6. The van der Waals surface area contributed by atoms with E-state index in [1.54, 1.807) is 7.11 Å². The number of methoxy groups -OCH3 is 1. The Morgan fingerprint density at radius 1 is 1.19 bits per heavy atom. The molecule has 1 aliphatic heterocycles. The number of hydrogen-bond acceptors (Lipinski definition) is 2. The minimum atomic E-state index is 0.238. The fourth-order valence-electron chi connectivity index (χ4n) is 3.91. The van der Waals surface area contributed by atoms with Crippen LogP contribution in [-0.4, -0.2) is 55.7 Å². The van der Waals surface area contributed by atoms with Crippen LogP contribution in [0.3, 0.4) is 0 Å². The molecule has 0 aromatic rings. The van der Waals surface area contributed by atoms with Crippen molar-refractivity contribution in [2.45, 2.75) is 58.0 Å². The summed E-state index contributed by atoms with van der Waals surface area (Å²) in [6.45, 7) is 5.05. The molecule has 0 unspecified atom stereocenters. The van der Waals surface area contributed by atoms with E-state index < -0.39 is 0 Å². The van der Waals surface area contributed by atoms with E-state index in [-0.39, 0.29) is 6.03 Å². The molecule has 1 heterocycles. The lowest BCUT2D eigenvalue weighted by Crippen LogP contribution is -2.42. The minimum Gasteiger partial charge on any atom is -0.381 e. The molecule has 0 bridgehead atoms. The lowest BCUT2D eigenvalue weighted by atomic mass is 9.87. The number of carbonyl (C=O) groups is 1. The summed E-state index contributed by atoms with van der Waals surface area (Å²) in [6.07, 6.45) is 8.78. The van der Waals surface area contributed by atoms with Crippen molar-refractivity contribution in [2.24, 2.45) is 11.8 Å². The van der Waals surface area contributed by atoms with Gasteiger partial charge in [0.1, 0.15) is 0 Å². The Hall–Kier alpha value is -0.770. The number of carbonyl (C=O) groups excluding carboxylic acids is 1. The zero-order chi connectivity index (χ0) is 15.2. The van der Waals surface area contributed by atoms with Crippen molar-refractivity contribution in [1.29, 1.82) is 0 Å². The number of likely N-dealkylation sites (tertiary alicyclic amines) is 1. The number of amides is 2. The quantitative estimate of drug-likeness (QED) is 0.779. The van der Waals surface area contributed by atoms with Crippen molar-refractivity contribution < 1.29 is 9.53 Å². The normalized spacial score (nSPS) is 29.7. The summed E-state index contributed by atoms with van der Waals surface area (Å²) < 4.78 is 5.42. The lowest BCUT2D eigenvalue weighted by molar-refractivity contribution is 0.0521. The summed E-state index contributed by atoms with van der Waals surface area (Å²) >= 11 is 0. The first-order valence-corrected chi connectivity index (χ1v) is 8.66. The second kappa shape index (κ2) is 8.02. The Labute approximate surface area is 129 Å². The van der Waals surface area contributed by atoms with Crippen molar-refractivity contribution in [1.82, 2.24) is 9.80 Å². The predicted molar refractivity (Wildman–Crippen MR) is 85.4 cm³/mol. The summed E-state index contributed by atoms with van der Waals surface area (Å²) in [7, 11) is 3.78. The molecule has 2 amide bonds. The van der Waals surface area contributed by atoms with E-state index in [0.717, 1.165) is 38.4 Å². The van der Waals surface area contributed by atoms with Gasteiger partial charge in [-0.25, -0.2) is 4.79 Å². The Morgan fingerprint density at radius 3 is 2.52 bits per heavy atom. The first-order valence-electron chi connectivity index (χ1n) is 8.66. The third kappa shape index (κ3) is 4.60. The summed E-state index contributed by atoms with van der Waals surface area (Å²) in [5.41, 5.74) is 0. The first-order chi connectivity index (χ1) is 10.1. The molecule has 2 rings (SSSR count). The molecule has 4 nitrogen and oxygen atoms in total. The van der Waals surface area contributed by atoms with Crippen LogP contribution in [0.1, 0.15) is 51.9 Å². The highest BCUT2D eigenvalue weighted by Crippen LogP contribution is 2.27. The van der Waals surface area contributed by atoms with Gasteiger partial charge < -0.3 is 14.5 Å². The van der Waals surface area contributed by atoms with E-state index >= 15 is 0 Å². The monoisotopic (exact) mass is 296 g/mol. The third-order valence-electron chi connectivity index (χ3n) is 5.24. The molecule has 0 radical (unpaired) electrons. The molecule has 1 aliphatic carbocycles. The van der Waals surface area contributed by atoms with E-state index in [1.807, 2.05) is 11.9 Å². The maximum atomic E-state index is 12.5. The molecule has 0 spiro atoms. The van der Waals surface area contributed by atoms with E-state index in [4.69, 9.17) is 4.74 Å². The smallest absolute Gasteiger partial charge is 0.319 e. The number of hydrogen-bond donors (Lipinski definition) is 0. The van der Waals surface area contributed by atoms with Crippen molar-refractivity contribution in [3.05, 3.63) is 0 Å². The van der Waals surface area contributed by atoms with Crippen molar-refractivity contribution in [2.75, 3.05) is 33.8 Å². The second-order valence-electron chi connectivity index (χ2n) is 6.93. The molecule has 2 aliphatic rings. The van der Waals surface area contributed by atoms with Gasteiger partial charge in [0.2, 0.25) is 0 Å². The molecule has 21 heavy (non-hydrogen) atoms. The number of urea groups is 1.